The molecule has 1 aliphatic rings. The maximum atomic E-state index is 11.8. The van der Waals surface area contributed by atoms with E-state index >= 15 is 0 Å². The molecule has 1 aliphatic heterocycles. The monoisotopic (exact) mass is 317 g/mol. The molecule has 120 valence electrons. The lowest BCUT2D eigenvalue weighted by Crippen LogP contribution is -2.36. The third-order valence-corrected chi connectivity index (χ3v) is 3.03. The van der Waals surface area contributed by atoms with Gasteiger partial charge in [-0.2, -0.15) is 5.10 Å². The van der Waals surface area contributed by atoms with E-state index in [0.29, 0.717) is 30.4 Å². The van der Waals surface area contributed by atoms with Crippen molar-refractivity contribution in [2.75, 3.05) is 18.5 Å². The van der Waals surface area contributed by atoms with Crippen LogP contribution in [-0.4, -0.2) is 39.9 Å². The van der Waals surface area contributed by atoms with Crippen LogP contribution in [0.4, 0.5) is 10.5 Å². The number of ether oxygens (including phenoxy) is 2. The maximum Gasteiger partial charge on any atom is 0.325 e. The minimum atomic E-state index is -0.635. The van der Waals surface area contributed by atoms with Gasteiger partial charge in [-0.15, -0.1) is 0 Å². The molecule has 2 aromatic rings. The summed E-state index contributed by atoms with van der Waals surface area (Å²) in [6, 6.07) is 4.41. The number of hydrogen-bond acceptors (Lipinski definition) is 6. The normalized spacial score (nSPS) is 13.0. The number of carbonyl (C=O) groups is 2. The fraction of sp³-hybridized carbons (Fsp3) is 0.286. The van der Waals surface area contributed by atoms with Gasteiger partial charge in [-0.25, -0.2) is 14.5 Å². The van der Waals surface area contributed by atoms with Crippen molar-refractivity contribution in [1.29, 1.82) is 0 Å². The van der Waals surface area contributed by atoms with Crippen LogP contribution in [-0.2, 0) is 11.3 Å². The van der Waals surface area contributed by atoms with Crippen molar-refractivity contribution in [2.45, 2.75) is 13.0 Å². The number of imide groups is 1. The number of benzene rings is 1. The lowest BCUT2D eigenvalue weighted by Gasteiger charge is -2.10. The first-order valence-electron chi connectivity index (χ1n) is 7.03. The average molecular weight is 317 g/mol. The van der Waals surface area contributed by atoms with Crippen LogP contribution in [0.15, 0.2) is 30.9 Å². The topological polar surface area (TPSA) is 107 Å². The van der Waals surface area contributed by atoms with Gasteiger partial charge in [0.2, 0.25) is 5.91 Å². The summed E-state index contributed by atoms with van der Waals surface area (Å²) in [4.78, 5) is 27.2. The molecule has 0 radical (unpaired) electrons. The molecule has 2 heterocycles. The van der Waals surface area contributed by atoms with Gasteiger partial charge in [-0.05, 0) is 12.1 Å². The Kier molecular flexibility index (Phi) is 4.37. The second-order valence-electron chi connectivity index (χ2n) is 4.81. The Morgan fingerprint density at radius 1 is 1.22 bits per heavy atom. The molecule has 0 atom stereocenters. The molecule has 0 unspecified atom stereocenters. The standard InChI is InChI=1S/C14H15N5O4/c20-13(7-19-9-15-8-16-19)18-14(21)17-10-2-3-11-12(6-10)23-5-1-4-22-11/h2-3,6,8-9H,1,4-5,7H2,(H2,17,18,20,21). The van der Waals surface area contributed by atoms with E-state index in [1.165, 1.54) is 17.3 Å². The van der Waals surface area contributed by atoms with E-state index in [-0.39, 0.29) is 6.54 Å². The number of amides is 3. The number of nitrogens with one attached hydrogen (secondary N) is 2. The third-order valence-electron chi connectivity index (χ3n) is 3.03. The first-order chi connectivity index (χ1) is 11.2. The number of aromatic nitrogens is 3. The van der Waals surface area contributed by atoms with Crippen LogP contribution in [0.3, 0.4) is 0 Å². The SMILES string of the molecule is O=C(Cn1cncn1)NC(=O)Nc1ccc2c(c1)OCCCO2. The molecule has 1 aromatic carbocycles. The minimum Gasteiger partial charge on any atom is -0.490 e. The van der Waals surface area contributed by atoms with Crippen molar-refractivity contribution >= 4 is 17.6 Å². The molecule has 2 N–H and O–H groups in total. The van der Waals surface area contributed by atoms with Crippen LogP contribution in [0.1, 0.15) is 6.42 Å². The quantitative estimate of drug-likeness (QED) is 0.866. The number of anilines is 1. The molecular formula is C14H15N5O4. The highest BCUT2D eigenvalue weighted by molar-refractivity contribution is 6.01. The van der Waals surface area contributed by atoms with Gasteiger partial charge in [0, 0.05) is 18.2 Å². The van der Waals surface area contributed by atoms with Crippen LogP contribution in [0.5, 0.6) is 11.5 Å². The molecule has 0 fully saturated rings. The van der Waals surface area contributed by atoms with Gasteiger partial charge in [0.25, 0.3) is 0 Å². The number of nitrogens with zero attached hydrogens (tertiary/aromatic N) is 3. The van der Waals surface area contributed by atoms with Gasteiger partial charge >= 0.3 is 6.03 Å². The summed E-state index contributed by atoms with van der Waals surface area (Å²) in [5.41, 5.74) is 0.500. The molecule has 0 saturated heterocycles. The van der Waals surface area contributed by atoms with Crippen LogP contribution in [0.2, 0.25) is 0 Å². The van der Waals surface area contributed by atoms with Crippen LogP contribution < -0.4 is 20.1 Å². The summed E-state index contributed by atoms with van der Waals surface area (Å²) in [6.07, 6.45) is 3.50. The molecule has 9 heteroatoms. The molecule has 0 saturated carbocycles. The molecule has 23 heavy (non-hydrogen) atoms. The van der Waals surface area contributed by atoms with Gasteiger partial charge in [0.15, 0.2) is 11.5 Å². The highest BCUT2D eigenvalue weighted by atomic mass is 16.5. The van der Waals surface area contributed by atoms with Crippen molar-refractivity contribution in [3.63, 3.8) is 0 Å². The van der Waals surface area contributed by atoms with Crippen molar-refractivity contribution in [3.8, 4) is 11.5 Å². The van der Waals surface area contributed by atoms with E-state index in [2.05, 4.69) is 20.7 Å². The second kappa shape index (κ2) is 6.77. The molecule has 9 nitrogen and oxygen atoms in total. The van der Waals surface area contributed by atoms with Crippen LogP contribution in [0.25, 0.3) is 0 Å². The van der Waals surface area contributed by atoms with E-state index in [4.69, 9.17) is 9.47 Å². The number of hydrogen-bond donors (Lipinski definition) is 2. The van der Waals surface area contributed by atoms with E-state index in [9.17, 15) is 9.59 Å². The molecule has 0 aliphatic carbocycles. The summed E-state index contributed by atoms with van der Waals surface area (Å²) in [6.45, 7) is 1.06. The van der Waals surface area contributed by atoms with Gasteiger partial charge in [-0.1, -0.05) is 0 Å². The Bertz CT molecular complexity index is 701. The maximum absolute atomic E-state index is 11.8. The number of fused-ring (bicyclic) bond motifs is 1. The zero-order valence-corrected chi connectivity index (χ0v) is 12.2. The number of rotatable bonds is 3. The predicted molar refractivity (Wildman–Crippen MR) is 79.2 cm³/mol. The van der Waals surface area contributed by atoms with Crippen LogP contribution in [0, 0.1) is 0 Å². The Balaban J connectivity index is 1.57. The van der Waals surface area contributed by atoms with Gasteiger partial charge in [0.1, 0.15) is 19.2 Å². The van der Waals surface area contributed by atoms with Gasteiger partial charge in [0.05, 0.1) is 13.2 Å². The van der Waals surface area contributed by atoms with Crippen molar-refractivity contribution < 1.29 is 19.1 Å². The number of carbonyl (C=O) groups excluding carboxylic acids is 2. The fourth-order valence-electron chi connectivity index (χ4n) is 2.03. The van der Waals surface area contributed by atoms with Crippen molar-refractivity contribution in [1.82, 2.24) is 20.1 Å². The van der Waals surface area contributed by atoms with E-state index < -0.39 is 11.9 Å². The average Bonchev–Trinajstić information content (AvgIpc) is 2.90. The highest BCUT2D eigenvalue weighted by Crippen LogP contribution is 2.32. The Morgan fingerprint density at radius 2 is 2.04 bits per heavy atom. The largest absolute Gasteiger partial charge is 0.490 e. The summed E-state index contributed by atoms with van der Waals surface area (Å²) in [5, 5.41) is 8.57. The molecule has 1 aromatic heterocycles. The Morgan fingerprint density at radius 3 is 2.83 bits per heavy atom. The van der Waals surface area contributed by atoms with Crippen molar-refractivity contribution in [2.24, 2.45) is 0 Å². The smallest absolute Gasteiger partial charge is 0.325 e. The Hall–Kier alpha value is -3.10. The molecular weight excluding hydrogens is 302 g/mol. The summed E-state index contributed by atoms with van der Waals surface area (Å²) in [7, 11) is 0. The third kappa shape index (κ3) is 3.96. The van der Waals surface area contributed by atoms with E-state index in [1.54, 1.807) is 18.2 Å². The fourth-order valence-corrected chi connectivity index (χ4v) is 2.03. The summed E-state index contributed by atoms with van der Waals surface area (Å²) in [5.74, 6) is 0.701. The Labute approximate surface area is 131 Å². The minimum absolute atomic E-state index is 0.0887. The summed E-state index contributed by atoms with van der Waals surface area (Å²) >= 11 is 0. The highest BCUT2D eigenvalue weighted by Gasteiger charge is 2.13. The molecule has 0 bridgehead atoms. The molecule has 0 spiro atoms. The van der Waals surface area contributed by atoms with Crippen LogP contribution >= 0.6 is 0 Å². The number of urea groups is 1. The molecule has 3 amide bonds. The zero-order chi connectivity index (χ0) is 16.1. The first kappa shape index (κ1) is 14.8. The second-order valence-corrected chi connectivity index (χ2v) is 4.81. The first-order valence-corrected chi connectivity index (χ1v) is 7.03. The van der Waals surface area contributed by atoms with Gasteiger partial charge < -0.3 is 14.8 Å². The van der Waals surface area contributed by atoms with Gasteiger partial charge in [-0.3, -0.25) is 10.1 Å². The lowest BCUT2D eigenvalue weighted by atomic mass is 10.3. The molecule has 3 rings (SSSR count). The van der Waals surface area contributed by atoms with Crippen molar-refractivity contribution in [3.05, 3.63) is 30.9 Å². The zero-order valence-electron chi connectivity index (χ0n) is 12.2. The predicted octanol–water partition coefficient (Wildman–Crippen LogP) is 0.788. The van der Waals surface area contributed by atoms with E-state index in [1.807, 2.05) is 0 Å². The lowest BCUT2D eigenvalue weighted by molar-refractivity contribution is -0.120. The summed E-state index contributed by atoms with van der Waals surface area (Å²) < 4.78 is 12.4. The van der Waals surface area contributed by atoms with E-state index in [0.717, 1.165) is 6.42 Å².